The van der Waals surface area contributed by atoms with Crippen LogP contribution in [-0.4, -0.2) is 88.0 Å². The molecule has 11 nitrogen and oxygen atoms in total. The highest BCUT2D eigenvalue weighted by Crippen LogP contribution is 2.31. The van der Waals surface area contributed by atoms with Crippen molar-refractivity contribution in [2.24, 2.45) is 0 Å². The molecule has 1 aromatic heterocycles. The smallest absolute Gasteiger partial charge is 0.410 e. The molecule has 0 bridgehead atoms. The summed E-state index contributed by atoms with van der Waals surface area (Å²) in [5.74, 6) is 1.97. The van der Waals surface area contributed by atoms with E-state index in [0.29, 0.717) is 66.5 Å². The van der Waals surface area contributed by atoms with Gasteiger partial charge in [0.2, 0.25) is 5.95 Å². The first-order valence-corrected chi connectivity index (χ1v) is 15.8. The number of benzene rings is 2. The van der Waals surface area contributed by atoms with E-state index in [0.717, 1.165) is 32.0 Å². The summed E-state index contributed by atoms with van der Waals surface area (Å²) in [6, 6.07) is 16.8. The molecule has 3 aliphatic rings. The summed E-state index contributed by atoms with van der Waals surface area (Å²) in [5, 5.41) is 13.2. The Kier molecular flexibility index (Phi) is 9.14. The third kappa shape index (κ3) is 7.70. The van der Waals surface area contributed by atoms with Crippen LogP contribution < -0.4 is 10.1 Å². The Morgan fingerprint density at radius 1 is 1.00 bits per heavy atom. The lowest BCUT2D eigenvalue weighted by molar-refractivity contribution is -0.0712. The SMILES string of the molecule is CC(C)(C)OC(=O)N1CCC(Oc2ccc(-c3ncnc(Nc4ccc(C5CCN(C6COC6)CC5)cc4)n3)cc2C#N)CC1. The lowest BCUT2D eigenvalue weighted by Crippen LogP contribution is -2.51. The monoisotopic (exact) mass is 611 g/mol. The molecular formula is C34H41N7O4. The Hall–Kier alpha value is -4.27. The first-order valence-electron chi connectivity index (χ1n) is 15.8. The number of aromatic nitrogens is 3. The van der Waals surface area contributed by atoms with Crippen LogP contribution in [0.3, 0.4) is 0 Å². The van der Waals surface area contributed by atoms with Crippen LogP contribution in [-0.2, 0) is 9.47 Å². The summed E-state index contributed by atoms with van der Waals surface area (Å²) >= 11 is 0. The highest BCUT2D eigenvalue weighted by molar-refractivity contribution is 5.68. The second-order valence-corrected chi connectivity index (χ2v) is 13.0. The molecule has 4 heterocycles. The third-order valence-corrected chi connectivity index (χ3v) is 8.62. The second-order valence-electron chi connectivity index (χ2n) is 13.0. The van der Waals surface area contributed by atoms with Crippen LogP contribution >= 0.6 is 0 Å². The number of carbonyl (C=O) groups is 1. The highest BCUT2D eigenvalue weighted by Gasteiger charge is 2.30. The van der Waals surface area contributed by atoms with Crippen molar-refractivity contribution in [2.75, 3.05) is 44.7 Å². The molecule has 0 unspecified atom stereocenters. The van der Waals surface area contributed by atoms with Gasteiger partial charge in [0.05, 0.1) is 24.8 Å². The molecule has 0 spiro atoms. The van der Waals surface area contributed by atoms with Gasteiger partial charge < -0.3 is 24.4 Å². The molecule has 1 amide bonds. The van der Waals surface area contributed by atoms with E-state index in [1.807, 2.05) is 26.8 Å². The van der Waals surface area contributed by atoms with Gasteiger partial charge in [-0.2, -0.15) is 10.2 Å². The predicted octanol–water partition coefficient (Wildman–Crippen LogP) is 5.51. The number of rotatable bonds is 7. The van der Waals surface area contributed by atoms with Gasteiger partial charge in [0, 0.05) is 37.2 Å². The van der Waals surface area contributed by atoms with E-state index in [1.165, 1.54) is 24.7 Å². The van der Waals surface area contributed by atoms with Crippen LogP contribution in [0.5, 0.6) is 5.75 Å². The number of carbonyl (C=O) groups excluding carboxylic acids is 1. The van der Waals surface area contributed by atoms with Gasteiger partial charge in [-0.05, 0) is 88.5 Å². The maximum Gasteiger partial charge on any atom is 0.410 e. The average Bonchev–Trinajstić information content (AvgIpc) is 3.01. The van der Waals surface area contributed by atoms with E-state index in [1.54, 1.807) is 17.0 Å². The Morgan fingerprint density at radius 3 is 2.38 bits per heavy atom. The van der Waals surface area contributed by atoms with E-state index < -0.39 is 5.60 Å². The molecule has 1 N–H and O–H groups in total. The standard InChI is InChI=1S/C34H41N7O4/c1-34(2,3)45-33(42)41-16-12-29(13-17-41)44-30-9-6-25(18-26(30)19-35)31-36-22-37-32(39-31)38-27-7-4-23(5-8-27)24-10-14-40(15-11-24)28-20-43-21-28/h4-9,18,22,24,28-29H,10-17,20-21H2,1-3H3,(H,36,37,38,39). The number of ether oxygens (including phenoxy) is 3. The number of piperidine rings is 2. The normalized spacial score (nSPS) is 18.6. The number of hydrogen-bond acceptors (Lipinski definition) is 10. The molecule has 3 aliphatic heterocycles. The molecule has 11 heteroatoms. The molecule has 0 aliphatic carbocycles. The Bertz CT molecular complexity index is 1510. The maximum absolute atomic E-state index is 12.4. The number of hydrogen-bond donors (Lipinski definition) is 1. The molecular weight excluding hydrogens is 570 g/mol. The Labute approximate surface area is 264 Å². The molecule has 0 saturated carbocycles. The van der Waals surface area contributed by atoms with E-state index in [2.05, 4.69) is 55.5 Å². The summed E-state index contributed by atoms with van der Waals surface area (Å²) < 4.78 is 17.0. The maximum atomic E-state index is 12.4. The van der Waals surface area contributed by atoms with Gasteiger partial charge in [-0.15, -0.1) is 0 Å². The van der Waals surface area contributed by atoms with Crippen molar-refractivity contribution in [3.63, 3.8) is 0 Å². The first kappa shape index (κ1) is 30.7. The number of amides is 1. The van der Waals surface area contributed by atoms with Gasteiger partial charge in [0.15, 0.2) is 5.82 Å². The molecule has 6 rings (SSSR count). The van der Waals surface area contributed by atoms with Gasteiger partial charge >= 0.3 is 6.09 Å². The van der Waals surface area contributed by atoms with Gasteiger partial charge in [0.1, 0.15) is 29.9 Å². The van der Waals surface area contributed by atoms with Crippen molar-refractivity contribution in [3.05, 3.63) is 59.9 Å². The van der Waals surface area contributed by atoms with Crippen molar-refractivity contribution >= 4 is 17.7 Å². The zero-order valence-electron chi connectivity index (χ0n) is 26.2. The summed E-state index contributed by atoms with van der Waals surface area (Å²) in [4.78, 5) is 29.9. The fraction of sp³-hybridized carbons (Fsp3) is 0.500. The minimum absolute atomic E-state index is 0.101. The van der Waals surface area contributed by atoms with Crippen LogP contribution in [0.1, 0.15) is 63.5 Å². The number of likely N-dealkylation sites (tertiary alicyclic amines) is 2. The van der Waals surface area contributed by atoms with Crippen molar-refractivity contribution < 1.29 is 19.0 Å². The largest absolute Gasteiger partial charge is 0.489 e. The molecule has 45 heavy (non-hydrogen) atoms. The minimum Gasteiger partial charge on any atom is -0.489 e. The van der Waals surface area contributed by atoms with Crippen molar-refractivity contribution in [1.82, 2.24) is 24.8 Å². The van der Waals surface area contributed by atoms with Crippen LogP contribution in [0, 0.1) is 11.3 Å². The summed E-state index contributed by atoms with van der Waals surface area (Å²) in [7, 11) is 0. The number of anilines is 2. The average molecular weight is 612 g/mol. The van der Waals surface area contributed by atoms with Gasteiger partial charge in [0.25, 0.3) is 0 Å². The fourth-order valence-corrected chi connectivity index (χ4v) is 6.02. The first-order chi connectivity index (χ1) is 21.7. The van der Waals surface area contributed by atoms with Crippen LogP contribution in [0.4, 0.5) is 16.4 Å². The quantitative estimate of drug-likeness (QED) is 0.366. The summed E-state index contributed by atoms with van der Waals surface area (Å²) in [5.41, 5.74) is 2.83. The Balaban J connectivity index is 1.04. The topological polar surface area (TPSA) is 126 Å². The number of nitrogens with zero attached hydrogens (tertiary/aromatic N) is 6. The van der Waals surface area contributed by atoms with E-state index in [9.17, 15) is 10.1 Å². The van der Waals surface area contributed by atoms with E-state index in [-0.39, 0.29) is 12.2 Å². The lowest BCUT2D eigenvalue weighted by atomic mass is 9.88. The molecule has 3 aromatic rings. The molecule has 0 atom stereocenters. The second kappa shape index (κ2) is 13.4. The number of nitrogens with one attached hydrogen (secondary N) is 1. The summed E-state index contributed by atoms with van der Waals surface area (Å²) in [6.07, 6.45) is 4.71. The van der Waals surface area contributed by atoms with E-state index in [4.69, 9.17) is 14.2 Å². The van der Waals surface area contributed by atoms with Gasteiger partial charge in [-0.1, -0.05) is 12.1 Å². The van der Waals surface area contributed by atoms with Gasteiger partial charge in [-0.25, -0.2) is 14.8 Å². The fourth-order valence-electron chi connectivity index (χ4n) is 6.02. The lowest BCUT2D eigenvalue weighted by Gasteiger charge is -2.41. The minimum atomic E-state index is -0.530. The van der Waals surface area contributed by atoms with Gasteiger partial charge in [-0.3, -0.25) is 4.90 Å². The van der Waals surface area contributed by atoms with Crippen LogP contribution in [0.15, 0.2) is 48.8 Å². The molecule has 236 valence electrons. The highest BCUT2D eigenvalue weighted by atomic mass is 16.6. The van der Waals surface area contributed by atoms with Crippen molar-refractivity contribution in [2.45, 2.75) is 70.1 Å². The van der Waals surface area contributed by atoms with Crippen LogP contribution in [0.2, 0.25) is 0 Å². The molecule has 2 aromatic carbocycles. The predicted molar refractivity (Wildman–Crippen MR) is 169 cm³/mol. The molecule has 0 radical (unpaired) electrons. The zero-order chi connectivity index (χ0) is 31.4. The van der Waals surface area contributed by atoms with Crippen molar-refractivity contribution in [3.8, 4) is 23.2 Å². The van der Waals surface area contributed by atoms with Crippen molar-refractivity contribution in [1.29, 1.82) is 5.26 Å². The van der Waals surface area contributed by atoms with Crippen LogP contribution in [0.25, 0.3) is 11.4 Å². The summed E-state index contributed by atoms with van der Waals surface area (Å²) in [6.45, 7) is 10.7. The molecule has 3 fully saturated rings. The van der Waals surface area contributed by atoms with E-state index >= 15 is 0 Å². The number of nitriles is 1. The Morgan fingerprint density at radius 2 is 1.73 bits per heavy atom. The third-order valence-electron chi connectivity index (χ3n) is 8.62. The zero-order valence-corrected chi connectivity index (χ0v) is 26.2. The molecule has 3 saturated heterocycles.